The van der Waals surface area contributed by atoms with Crippen LogP contribution < -0.4 is 0 Å². The molecular weight excluding hydrogens is 1680 g/mol. The number of benzene rings is 21. The van der Waals surface area contributed by atoms with Crippen LogP contribution in [0.2, 0.25) is 0 Å². The lowest BCUT2D eigenvalue weighted by Gasteiger charge is -2.30. The van der Waals surface area contributed by atoms with Crippen molar-refractivity contribution in [2.45, 2.75) is 35.5 Å². The van der Waals surface area contributed by atoms with Crippen molar-refractivity contribution in [3.8, 4) is 95.0 Å². The minimum Gasteiger partial charge on any atom is -0.456 e. The van der Waals surface area contributed by atoms with E-state index in [0.717, 1.165) is 27.6 Å². The maximum Gasteiger partial charge on any atom is 0.135 e. The zero-order valence-corrected chi connectivity index (χ0v) is 75.8. The minimum absolute atomic E-state index is 0.0590. The molecule has 5 aromatic heterocycles. The van der Waals surface area contributed by atoms with Crippen molar-refractivity contribution in [1.29, 1.82) is 0 Å². The van der Waals surface area contributed by atoms with Gasteiger partial charge in [-0.2, -0.15) is 0 Å². The van der Waals surface area contributed by atoms with Crippen molar-refractivity contribution in [1.82, 2.24) is 13.7 Å². The van der Waals surface area contributed by atoms with Crippen LogP contribution >= 0.6 is 11.3 Å². The third-order valence-corrected chi connectivity index (χ3v) is 33.6. The average Bonchev–Trinajstić information content (AvgIpc) is 1.51. The van der Waals surface area contributed by atoms with Gasteiger partial charge in [0, 0.05) is 85.7 Å². The van der Waals surface area contributed by atoms with Gasteiger partial charge in [0.15, 0.2) is 0 Å². The molecule has 636 valence electrons. The van der Waals surface area contributed by atoms with Crippen LogP contribution in [-0.4, -0.2) is 13.7 Å². The van der Waals surface area contributed by atoms with E-state index in [9.17, 15) is 0 Å². The van der Waals surface area contributed by atoms with Crippen molar-refractivity contribution >= 4 is 119 Å². The predicted molar refractivity (Wildman–Crippen MR) is 569 cm³/mol. The minimum atomic E-state index is -0.356. The van der Waals surface area contributed by atoms with Gasteiger partial charge in [-0.1, -0.05) is 354 Å². The van der Waals surface area contributed by atoms with E-state index in [1.165, 1.54) is 253 Å². The first-order chi connectivity index (χ1) is 67.7. The molecule has 26 aromatic rings. The molecule has 21 aromatic carbocycles. The molecular formula is C132H81N3OS. The first-order valence-electron chi connectivity index (χ1n) is 47.9. The summed E-state index contributed by atoms with van der Waals surface area (Å²) in [7, 11) is 0. The molecule has 0 amide bonds. The number of nitrogens with zero attached hydrogens (tertiary/aromatic N) is 3. The van der Waals surface area contributed by atoms with Crippen LogP contribution in [0.4, 0.5) is 0 Å². The van der Waals surface area contributed by atoms with Crippen LogP contribution in [0.15, 0.2) is 459 Å². The van der Waals surface area contributed by atoms with Gasteiger partial charge in [0.1, 0.15) is 11.2 Å². The molecule has 5 heterocycles. The van der Waals surface area contributed by atoms with Crippen molar-refractivity contribution in [2.75, 3.05) is 0 Å². The van der Waals surface area contributed by atoms with Crippen LogP contribution in [0, 0.1) is 0 Å². The monoisotopic (exact) mass is 1760 g/mol. The van der Waals surface area contributed by atoms with Gasteiger partial charge in [-0.3, -0.25) is 0 Å². The van der Waals surface area contributed by atoms with E-state index >= 15 is 0 Å². The van der Waals surface area contributed by atoms with Crippen LogP contribution in [0.5, 0.6) is 0 Å². The smallest absolute Gasteiger partial charge is 0.135 e. The fraction of sp³-hybridized carbons (Fsp3) is 0.0455. The summed E-state index contributed by atoms with van der Waals surface area (Å²) in [6.07, 6.45) is 0. The van der Waals surface area contributed by atoms with Gasteiger partial charge in [0.25, 0.3) is 0 Å². The number of rotatable bonds is 3. The van der Waals surface area contributed by atoms with Gasteiger partial charge in [-0.15, -0.1) is 11.3 Å². The highest BCUT2D eigenvalue weighted by Gasteiger charge is 2.56. The van der Waals surface area contributed by atoms with Crippen molar-refractivity contribution in [3.63, 3.8) is 0 Å². The third kappa shape index (κ3) is 9.65. The van der Waals surface area contributed by atoms with Gasteiger partial charge >= 0.3 is 0 Å². The van der Waals surface area contributed by atoms with Gasteiger partial charge in [0.2, 0.25) is 0 Å². The Kier molecular flexibility index (Phi) is 15.1. The zero-order chi connectivity index (χ0) is 89.6. The van der Waals surface area contributed by atoms with Crippen molar-refractivity contribution in [3.05, 3.63) is 533 Å². The lowest BCUT2D eigenvalue weighted by Crippen LogP contribution is -2.25. The Hall–Kier alpha value is -17.0. The van der Waals surface area contributed by atoms with E-state index in [1.54, 1.807) is 0 Å². The molecule has 33 rings (SSSR count). The topological polar surface area (TPSA) is 27.9 Å². The molecule has 0 N–H and O–H groups in total. The summed E-state index contributed by atoms with van der Waals surface area (Å²) in [5.74, 6) is 0. The van der Waals surface area contributed by atoms with Gasteiger partial charge in [0.05, 0.1) is 49.3 Å². The maximum atomic E-state index is 6.20. The molecule has 0 saturated carbocycles. The van der Waals surface area contributed by atoms with E-state index in [1.807, 2.05) is 23.5 Å². The Morgan fingerprint density at radius 2 is 0.438 bits per heavy atom. The molecule has 0 aliphatic heterocycles. The quantitative estimate of drug-likeness (QED) is 0.173. The molecule has 0 unspecified atom stereocenters. The summed E-state index contributed by atoms with van der Waals surface area (Å²) in [6.45, 7) is 4.74. The molecule has 0 fully saturated rings. The lowest BCUT2D eigenvalue weighted by molar-refractivity contribution is 0.660. The number of fused-ring (bicyclic) bond motifs is 48. The van der Waals surface area contributed by atoms with E-state index in [2.05, 4.69) is 470 Å². The number of aromatic nitrogens is 3. The summed E-state index contributed by atoms with van der Waals surface area (Å²) in [5.41, 5.74) is 49.7. The number of para-hydroxylation sites is 4. The number of hydrogen-bond acceptors (Lipinski definition) is 2. The lowest BCUT2D eigenvalue weighted by atomic mass is 9.70. The van der Waals surface area contributed by atoms with Crippen LogP contribution in [0.25, 0.3) is 202 Å². The molecule has 0 saturated heterocycles. The molecule has 5 heteroatoms. The zero-order valence-electron chi connectivity index (χ0n) is 75.0. The molecule has 7 aliphatic carbocycles. The van der Waals surface area contributed by atoms with Crippen LogP contribution in [0.3, 0.4) is 0 Å². The number of hydrogen-bond donors (Lipinski definition) is 0. The molecule has 4 nitrogen and oxygen atoms in total. The van der Waals surface area contributed by atoms with E-state index in [0.29, 0.717) is 0 Å². The van der Waals surface area contributed by atoms with Crippen LogP contribution in [-0.2, 0) is 21.7 Å². The van der Waals surface area contributed by atoms with Crippen LogP contribution in [0.1, 0.15) is 91.7 Å². The summed E-state index contributed by atoms with van der Waals surface area (Å²) in [5, 5.41) is 12.7. The summed E-state index contributed by atoms with van der Waals surface area (Å²) in [6, 6.07) is 170. The van der Waals surface area contributed by atoms with E-state index < -0.39 is 0 Å². The standard InChI is InChI=1S/C46H31N.C43H25NO.C43H25NS/c1-45(2)37-18-8-3-13-29(37)33-24-23-28(25-41(33)45)47-43-22-12-7-17-34(43)36-26-42-35(27-44(36)47)32-16-6-11-21-40(32)46(42)38-19-9-4-14-30(38)31-15-5-10-20-39(31)46;2*1-6-16-35-27(11-1)28-12-2-7-17-36(28)43(35)37-18-8-3-13-29(37)32-25-40-33(24-38(32)43)30-14-4-9-19-39(30)44(40)26-21-22-42-34(23-26)31-15-5-10-20-41(31)45-42/h3-27H,1-2H3;2*1-25H. The van der Waals surface area contributed by atoms with E-state index in [4.69, 9.17) is 4.42 Å². The highest BCUT2D eigenvalue weighted by atomic mass is 32.1. The summed E-state index contributed by atoms with van der Waals surface area (Å²) in [4.78, 5) is 0. The Labute approximate surface area is 794 Å². The normalized spacial score (nSPS) is 14.4. The van der Waals surface area contributed by atoms with Gasteiger partial charge in [-0.05, 0) is 271 Å². The second-order valence-corrected chi connectivity index (χ2v) is 40.0. The second kappa shape index (κ2) is 27.4. The first-order valence-corrected chi connectivity index (χ1v) is 48.7. The first kappa shape index (κ1) is 75.6. The Morgan fingerprint density at radius 3 is 0.832 bits per heavy atom. The fourth-order valence-corrected chi connectivity index (χ4v) is 28.1. The largest absolute Gasteiger partial charge is 0.456 e. The number of thiophene rings is 1. The molecule has 0 atom stereocenters. The predicted octanol–water partition coefficient (Wildman–Crippen LogP) is 34.0. The highest BCUT2D eigenvalue weighted by Crippen LogP contribution is 2.68. The van der Waals surface area contributed by atoms with E-state index in [-0.39, 0.29) is 21.7 Å². The third-order valence-electron chi connectivity index (χ3n) is 32.4. The summed E-state index contributed by atoms with van der Waals surface area (Å²) < 4.78 is 16.3. The average molecular weight is 1760 g/mol. The Balaban J connectivity index is 0.0000000955. The molecule has 137 heavy (non-hydrogen) atoms. The second-order valence-electron chi connectivity index (χ2n) is 38.9. The SMILES string of the molecule is CC1(C)c2ccccc2-c2ccc(-n3c4ccccc4c4cc5c(cc43)-c3ccccc3C53c4ccccc4-c4ccccc43)cc21.c1ccc2c(c1)-c1ccccc1C21c2ccccc2-c2cc3c(cc21)c1ccccc1n3-c1ccc2oc3ccccc3c2c1.c1ccc2c(c1)-c1ccccc1C21c2ccccc2-c2cc3c(cc21)c1ccccc1n3-c1ccc2sc3ccccc3c2c1. The molecule has 3 spiro atoms. The van der Waals surface area contributed by atoms with Crippen molar-refractivity contribution < 1.29 is 4.42 Å². The van der Waals surface area contributed by atoms with Gasteiger partial charge in [-0.25, -0.2) is 0 Å². The Bertz CT molecular complexity index is 9380. The number of furan rings is 1. The Morgan fingerprint density at radius 1 is 0.168 bits per heavy atom. The molecule has 0 radical (unpaired) electrons. The summed E-state index contributed by atoms with van der Waals surface area (Å²) >= 11 is 1.87. The highest BCUT2D eigenvalue weighted by molar-refractivity contribution is 7.25. The fourth-order valence-electron chi connectivity index (χ4n) is 27.0. The maximum absolute atomic E-state index is 6.20. The molecule has 7 aliphatic rings. The van der Waals surface area contributed by atoms with Gasteiger partial charge < -0.3 is 18.1 Å². The molecule has 0 bridgehead atoms. The van der Waals surface area contributed by atoms with Crippen molar-refractivity contribution in [2.24, 2.45) is 0 Å².